The molecule has 15 heavy (non-hydrogen) atoms. The van der Waals surface area contributed by atoms with Gasteiger partial charge in [0.15, 0.2) is 0 Å². The maximum absolute atomic E-state index is 11.4. The average molecular weight is 210 g/mol. The first kappa shape index (κ1) is 8.87. The second-order valence-electron chi connectivity index (χ2n) is 3.75. The molecule has 1 N–H and O–H groups in total. The van der Waals surface area contributed by atoms with Crippen molar-refractivity contribution in [1.82, 2.24) is 9.55 Å². The van der Waals surface area contributed by atoms with E-state index >= 15 is 0 Å². The van der Waals surface area contributed by atoms with Gasteiger partial charge in [0.25, 0.3) is 5.56 Å². The molecule has 2 fully saturated rings. The van der Waals surface area contributed by atoms with Crippen LogP contribution < -0.4 is 11.2 Å². The molecule has 0 spiro atoms. The van der Waals surface area contributed by atoms with E-state index in [1.807, 2.05) is 0 Å². The Morgan fingerprint density at radius 3 is 2.80 bits per heavy atom. The van der Waals surface area contributed by atoms with E-state index < -0.39 is 11.2 Å². The van der Waals surface area contributed by atoms with E-state index in [1.54, 1.807) is 0 Å². The standard InChI is InChI=1S/C9H10N2O4/c12-7-1-2-11(9(13)10-7)8-3-5-6(15-8)4-14-5/h1-2,5-6,8H,3-4H2,(H,10,12,13)/t5-,6-,8-/m0/s1. The van der Waals surface area contributed by atoms with Crippen molar-refractivity contribution in [3.8, 4) is 0 Å². The van der Waals surface area contributed by atoms with Gasteiger partial charge < -0.3 is 9.47 Å². The zero-order valence-electron chi connectivity index (χ0n) is 7.88. The second-order valence-corrected chi connectivity index (χ2v) is 3.75. The van der Waals surface area contributed by atoms with Crippen molar-refractivity contribution < 1.29 is 9.47 Å². The number of H-pyrrole nitrogens is 1. The molecule has 3 heterocycles. The molecule has 1 aromatic rings. The maximum Gasteiger partial charge on any atom is 0.330 e. The topological polar surface area (TPSA) is 73.3 Å². The molecule has 1 aromatic heterocycles. The number of aromatic amines is 1. The Hall–Kier alpha value is -1.40. The first-order valence-electron chi connectivity index (χ1n) is 4.82. The van der Waals surface area contributed by atoms with Gasteiger partial charge in [0.05, 0.1) is 12.7 Å². The van der Waals surface area contributed by atoms with Crippen LogP contribution in [0.1, 0.15) is 12.6 Å². The summed E-state index contributed by atoms with van der Waals surface area (Å²) in [5, 5.41) is 0. The zero-order chi connectivity index (χ0) is 10.4. The van der Waals surface area contributed by atoms with E-state index in [0.29, 0.717) is 13.0 Å². The average Bonchev–Trinajstić information content (AvgIpc) is 2.44. The Morgan fingerprint density at radius 2 is 2.27 bits per heavy atom. The molecule has 80 valence electrons. The number of nitrogens with zero attached hydrogens (tertiary/aromatic N) is 1. The molecule has 0 aliphatic carbocycles. The molecule has 0 unspecified atom stereocenters. The van der Waals surface area contributed by atoms with Gasteiger partial charge in [0.2, 0.25) is 0 Å². The summed E-state index contributed by atoms with van der Waals surface area (Å²) in [5.41, 5.74) is -0.831. The van der Waals surface area contributed by atoms with Crippen LogP contribution in [0.4, 0.5) is 0 Å². The molecule has 2 saturated heterocycles. The van der Waals surface area contributed by atoms with Gasteiger partial charge >= 0.3 is 5.69 Å². The summed E-state index contributed by atoms with van der Waals surface area (Å²) in [6.45, 7) is 0.596. The van der Waals surface area contributed by atoms with Crippen molar-refractivity contribution in [2.24, 2.45) is 0 Å². The molecule has 3 rings (SSSR count). The predicted octanol–water partition coefficient (Wildman–Crippen LogP) is -0.777. The van der Waals surface area contributed by atoms with Crippen LogP contribution in [0.3, 0.4) is 0 Å². The normalized spacial score (nSPS) is 33.5. The molecule has 0 saturated carbocycles. The Morgan fingerprint density at radius 1 is 1.40 bits per heavy atom. The van der Waals surface area contributed by atoms with Crippen LogP contribution in [0.2, 0.25) is 0 Å². The summed E-state index contributed by atoms with van der Waals surface area (Å²) in [7, 11) is 0. The lowest BCUT2D eigenvalue weighted by Crippen LogP contribution is -2.40. The van der Waals surface area contributed by atoms with Crippen molar-refractivity contribution in [3.63, 3.8) is 0 Å². The fourth-order valence-corrected chi connectivity index (χ4v) is 1.95. The molecular weight excluding hydrogens is 200 g/mol. The third-order valence-corrected chi connectivity index (χ3v) is 2.82. The van der Waals surface area contributed by atoms with Crippen LogP contribution >= 0.6 is 0 Å². The summed E-state index contributed by atoms with van der Waals surface area (Å²) in [5.74, 6) is 0. The largest absolute Gasteiger partial charge is 0.372 e. The highest BCUT2D eigenvalue weighted by Crippen LogP contribution is 2.35. The van der Waals surface area contributed by atoms with Gasteiger partial charge in [-0.15, -0.1) is 0 Å². The Bertz CT molecular complexity index is 479. The highest BCUT2D eigenvalue weighted by molar-refractivity contribution is 4.91. The smallest absolute Gasteiger partial charge is 0.330 e. The molecule has 0 aromatic carbocycles. The van der Waals surface area contributed by atoms with Gasteiger partial charge in [-0.25, -0.2) is 4.79 Å². The monoisotopic (exact) mass is 210 g/mol. The number of hydrogen-bond acceptors (Lipinski definition) is 4. The molecule has 0 radical (unpaired) electrons. The first-order valence-corrected chi connectivity index (χ1v) is 4.82. The molecule has 6 heteroatoms. The maximum atomic E-state index is 11.4. The third-order valence-electron chi connectivity index (χ3n) is 2.82. The van der Waals surface area contributed by atoms with E-state index in [9.17, 15) is 9.59 Å². The predicted molar refractivity (Wildman–Crippen MR) is 49.6 cm³/mol. The lowest BCUT2D eigenvalue weighted by Gasteiger charge is -2.28. The van der Waals surface area contributed by atoms with E-state index in [-0.39, 0.29) is 18.4 Å². The van der Waals surface area contributed by atoms with Crippen LogP contribution in [-0.4, -0.2) is 28.4 Å². The van der Waals surface area contributed by atoms with Crippen LogP contribution in [0.25, 0.3) is 0 Å². The number of hydrogen-bond donors (Lipinski definition) is 1. The minimum absolute atomic E-state index is 0.105. The summed E-state index contributed by atoms with van der Waals surface area (Å²) >= 11 is 0. The Balaban J connectivity index is 1.93. The molecule has 2 aliphatic heterocycles. The fraction of sp³-hybridized carbons (Fsp3) is 0.556. The van der Waals surface area contributed by atoms with Crippen molar-refractivity contribution >= 4 is 0 Å². The zero-order valence-corrected chi connectivity index (χ0v) is 7.88. The van der Waals surface area contributed by atoms with Gasteiger partial charge in [0, 0.05) is 18.7 Å². The van der Waals surface area contributed by atoms with Gasteiger partial charge in [-0.05, 0) is 0 Å². The summed E-state index contributed by atoms with van der Waals surface area (Å²) in [6, 6.07) is 1.31. The van der Waals surface area contributed by atoms with E-state index in [1.165, 1.54) is 16.8 Å². The highest BCUT2D eigenvalue weighted by Gasteiger charge is 2.43. The number of aromatic nitrogens is 2. The lowest BCUT2D eigenvalue weighted by molar-refractivity contribution is -0.149. The molecule has 6 nitrogen and oxygen atoms in total. The van der Waals surface area contributed by atoms with Gasteiger partial charge in [0.1, 0.15) is 12.3 Å². The summed E-state index contributed by atoms with van der Waals surface area (Å²) in [6.07, 6.45) is 2.02. The lowest BCUT2D eigenvalue weighted by atomic mass is 10.1. The Kier molecular flexibility index (Phi) is 1.80. The fourth-order valence-electron chi connectivity index (χ4n) is 1.95. The van der Waals surface area contributed by atoms with Crippen LogP contribution in [0.15, 0.2) is 21.9 Å². The second kappa shape index (κ2) is 3.04. The van der Waals surface area contributed by atoms with Crippen LogP contribution in [-0.2, 0) is 9.47 Å². The van der Waals surface area contributed by atoms with E-state index in [4.69, 9.17) is 9.47 Å². The van der Waals surface area contributed by atoms with Gasteiger partial charge in [-0.2, -0.15) is 0 Å². The number of rotatable bonds is 1. The summed E-state index contributed by atoms with van der Waals surface area (Å²) in [4.78, 5) is 24.5. The van der Waals surface area contributed by atoms with Crippen molar-refractivity contribution in [3.05, 3.63) is 33.1 Å². The first-order chi connectivity index (χ1) is 7.24. The van der Waals surface area contributed by atoms with Crippen molar-refractivity contribution in [2.75, 3.05) is 6.61 Å². The molecule has 3 atom stereocenters. The third kappa shape index (κ3) is 1.33. The molecule has 2 aliphatic rings. The number of fused-ring (bicyclic) bond motifs is 1. The number of ether oxygens (including phenoxy) is 2. The molecular formula is C9H10N2O4. The molecule has 0 amide bonds. The van der Waals surface area contributed by atoms with Crippen LogP contribution in [0, 0.1) is 0 Å². The van der Waals surface area contributed by atoms with E-state index in [2.05, 4.69) is 4.98 Å². The quantitative estimate of drug-likeness (QED) is 0.660. The van der Waals surface area contributed by atoms with Crippen molar-refractivity contribution in [2.45, 2.75) is 24.9 Å². The molecule has 0 bridgehead atoms. The van der Waals surface area contributed by atoms with Gasteiger partial charge in [-0.3, -0.25) is 14.3 Å². The van der Waals surface area contributed by atoms with Crippen LogP contribution in [0.5, 0.6) is 0 Å². The number of nitrogens with one attached hydrogen (secondary N) is 1. The van der Waals surface area contributed by atoms with E-state index in [0.717, 1.165) is 0 Å². The Labute approximate surface area is 84.4 Å². The SMILES string of the molecule is O=c1ccn([C@@H]2C[C@@H]3OC[C@@H]3O2)c(=O)[nH]1. The minimum Gasteiger partial charge on any atom is -0.372 e. The highest BCUT2D eigenvalue weighted by atomic mass is 16.6. The van der Waals surface area contributed by atoms with Gasteiger partial charge in [-0.1, -0.05) is 0 Å². The van der Waals surface area contributed by atoms with Crippen molar-refractivity contribution in [1.29, 1.82) is 0 Å². The minimum atomic E-state index is -0.436. The summed E-state index contributed by atoms with van der Waals surface area (Å²) < 4.78 is 12.2.